The minimum absolute atomic E-state index is 0.626. The Morgan fingerprint density at radius 2 is 2.10 bits per heavy atom. The number of aromatic nitrogens is 3. The lowest BCUT2D eigenvalue weighted by molar-refractivity contribution is 0.261. The Hall–Kier alpha value is -0.940. The minimum atomic E-state index is 0.626. The second kappa shape index (κ2) is 6.88. The Bertz CT molecular complexity index is 589. The molecule has 4 nitrogen and oxygen atoms in total. The topological polar surface area (TPSA) is 42.2 Å². The molecule has 0 radical (unpaired) electrons. The maximum Gasteiger partial charge on any atom is 0.155 e. The van der Waals surface area contributed by atoms with Gasteiger partial charge in [-0.2, -0.15) is 0 Å². The monoisotopic (exact) mass is 350 g/mol. The van der Waals surface area contributed by atoms with Crippen molar-refractivity contribution >= 4 is 21.6 Å². The summed E-state index contributed by atoms with van der Waals surface area (Å²) < 4.78 is 2.95. The van der Waals surface area contributed by atoms with Gasteiger partial charge in [0.05, 0.1) is 18.1 Å². The lowest BCUT2D eigenvalue weighted by atomic mass is 9.83. The Morgan fingerprint density at radius 3 is 2.86 bits per heavy atom. The lowest BCUT2D eigenvalue weighted by Gasteiger charge is -2.30. The summed E-state index contributed by atoms with van der Waals surface area (Å²) in [5.41, 5.74) is 2.10. The van der Waals surface area contributed by atoms with Crippen molar-refractivity contribution in [1.82, 2.24) is 19.7 Å². The van der Waals surface area contributed by atoms with Gasteiger partial charge in [-0.15, -0.1) is 0 Å². The fourth-order valence-corrected chi connectivity index (χ4v) is 3.77. The molecule has 0 saturated heterocycles. The average Bonchev–Trinajstić information content (AvgIpc) is 2.91. The zero-order valence-electron chi connectivity index (χ0n) is 12.6. The van der Waals surface area contributed by atoms with E-state index in [1.165, 1.54) is 44.2 Å². The van der Waals surface area contributed by atoms with Gasteiger partial charge < -0.3 is 5.32 Å². The molecule has 1 unspecified atom stereocenters. The van der Waals surface area contributed by atoms with Gasteiger partial charge in [-0.25, -0.2) is 9.97 Å². The van der Waals surface area contributed by atoms with Crippen molar-refractivity contribution < 1.29 is 0 Å². The Morgan fingerprint density at radius 1 is 1.29 bits per heavy atom. The van der Waals surface area contributed by atoms with E-state index in [4.69, 9.17) is 0 Å². The van der Waals surface area contributed by atoms with Gasteiger partial charge in [0, 0.05) is 18.8 Å². The molecule has 1 N–H and O–H groups in total. The summed E-state index contributed by atoms with van der Waals surface area (Å²) in [6.45, 7) is 3.16. The maximum atomic E-state index is 4.42. The molecular formula is C16H23BrN4. The normalized spacial score (nSPS) is 18.2. The zero-order valence-corrected chi connectivity index (χ0v) is 14.1. The Kier molecular flexibility index (Phi) is 4.91. The molecule has 5 heteroatoms. The Labute approximate surface area is 134 Å². The molecule has 2 aromatic heterocycles. The smallest absolute Gasteiger partial charge is 0.155 e. The predicted octanol–water partition coefficient (Wildman–Crippen LogP) is 3.94. The van der Waals surface area contributed by atoms with Crippen LogP contribution in [0.4, 0.5) is 0 Å². The molecule has 0 bridgehead atoms. The standard InChI is InChI=1S/C16H23BrN4/c1-2-14(12-6-4-3-5-7-12)18-8-13-9-20-16-10-19-15(17)11-21(13)16/h9-12,14,18H,2-8H2,1H3. The molecule has 1 fully saturated rings. The first-order valence-electron chi connectivity index (χ1n) is 7.98. The number of nitrogens with one attached hydrogen (secondary N) is 1. The van der Waals surface area contributed by atoms with Gasteiger partial charge in [0.25, 0.3) is 0 Å². The van der Waals surface area contributed by atoms with Crippen molar-refractivity contribution in [3.63, 3.8) is 0 Å². The van der Waals surface area contributed by atoms with Crippen LogP contribution in [0, 0.1) is 5.92 Å². The largest absolute Gasteiger partial charge is 0.308 e. The molecule has 1 atom stereocenters. The predicted molar refractivity (Wildman–Crippen MR) is 88.2 cm³/mol. The fraction of sp³-hybridized carbons (Fsp3) is 0.625. The molecule has 1 aliphatic rings. The highest BCUT2D eigenvalue weighted by molar-refractivity contribution is 9.10. The van der Waals surface area contributed by atoms with E-state index in [0.29, 0.717) is 6.04 Å². The van der Waals surface area contributed by atoms with Crippen molar-refractivity contribution in [3.8, 4) is 0 Å². The molecular weight excluding hydrogens is 328 g/mol. The summed E-state index contributed by atoms with van der Waals surface area (Å²) in [5, 5.41) is 3.76. The van der Waals surface area contributed by atoms with E-state index in [9.17, 15) is 0 Å². The van der Waals surface area contributed by atoms with E-state index in [-0.39, 0.29) is 0 Å². The maximum absolute atomic E-state index is 4.42. The van der Waals surface area contributed by atoms with Crippen molar-refractivity contribution in [2.75, 3.05) is 0 Å². The summed E-state index contributed by atoms with van der Waals surface area (Å²) >= 11 is 3.43. The van der Waals surface area contributed by atoms with Crippen LogP contribution >= 0.6 is 15.9 Å². The van der Waals surface area contributed by atoms with E-state index >= 15 is 0 Å². The third-order valence-electron chi connectivity index (χ3n) is 4.65. The molecule has 0 amide bonds. The van der Waals surface area contributed by atoms with E-state index in [1.54, 1.807) is 6.20 Å². The number of imidazole rings is 1. The third kappa shape index (κ3) is 3.46. The number of halogens is 1. The average molecular weight is 351 g/mol. The second-order valence-electron chi connectivity index (χ2n) is 5.98. The lowest BCUT2D eigenvalue weighted by Crippen LogP contribution is -2.36. The minimum Gasteiger partial charge on any atom is -0.308 e. The van der Waals surface area contributed by atoms with Gasteiger partial charge in [0.15, 0.2) is 5.65 Å². The highest BCUT2D eigenvalue weighted by Crippen LogP contribution is 2.27. The fourth-order valence-electron chi connectivity index (χ4n) is 3.46. The van der Waals surface area contributed by atoms with Crippen molar-refractivity contribution in [1.29, 1.82) is 0 Å². The van der Waals surface area contributed by atoms with Gasteiger partial charge >= 0.3 is 0 Å². The number of hydrogen-bond acceptors (Lipinski definition) is 3. The van der Waals surface area contributed by atoms with Gasteiger partial charge in [-0.1, -0.05) is 26.2 Å². The quantitative estimate of drug-likeness (QED) is 0.887. The molecule has 1 aliphatic carbocycles. The Balaban J connectivity index is 1.68. The van der Waals surface area contributed by atoms with Crippen LogP contribution < -0.4 is 5.32 Å². The molecule has 0 spiro atoms. The highest BCUT2D eigenvalue weighted by Gasteiger charge is 2.22. The van der Waals surface area contributed by atoms with Crippen LogP contribution in [0.15, 0.2) is 23.2 Å². The zero-order chi connectivity index (χ0) is 14.7. The summed E-state index contributed by atoms with van der Waals surface area (Å²) in [7, 11) is 0. The molecule has 1 saturated carbocycles. The highest BCUT2D eigenvalue weighted by atomic mass is 79.9. The van der Waals surface area contributed by atoms with Crippen molar-refractivity contribution in [2.45, 2.75) is 58.0 Å². The second-order valence-corrected chi connectivity index (χ2v) is 6.79. The molecule has 114 valence electrons. The number of hydrogen-bond donors (Lipinski definition) is 1. The van der Waals surface area contributed by atoms with Crippen LogP contribution in [0.3, 0.4) is 0 Å². The molecule has 21 heavy (non-hydrogen) atoms. The first-order valence-corrected chi connectivity index (χ1v) is 8.78. The van der Waals surface area contributed by atoms with Crippen molar-refractivity contribution in [3.05, 3.63) is 28.9 Å². The number of fused-ring (bicyclic) bond motifs is 1. The van der Waals surface area contributed by atoms with E-state index in [1.807, 2.05) is 12.4 Å². The van der Waals surface area contributed by atoms with Gasteiger partial charge in [0.1, 0.15) is 4.60 Å². The van der Waals surface area contributed by atoms with E-state index in [2.05, 4.69) is 42.5 Å². The molecule has 3 rings (SSSR count). The van der Waals surface area contributed by atoms with Crippen LogP contribution in [0.25, 0.3) is 5.65 Å². The van der Waals surface area contributed by atoms with Crippen LogP contribution in [-0.4, -0.2) is 20.4 Å². The van der Waals surface area contributed by atoms with Crippen LogP contribution in [0.1, 0.15) is 51.1 Å². The van der Waals surface area contributed by atoms with Gasteiger partial charge in [0.2, 0.25) is 0 Å². The summed E-state index contributed by atoms with van der Waals surface area (Å²) in [5.74, 6) is 0.844. The van der Waals surface area contributed by atoms with Crippen molar-refractivity contribution in [2.24, 2.45) is 5.92 Å². The summed E-state index contributed by atoms with van der Waals surface area (Å²) in [4.78, 5) is 8.63. The van der Waals surface area contributed by atoms with Crippen LogP contribution in [-0.2, 0) is 6.54 Å². The number of nitrogens with zero attached hydrogens (tertiary/aromatic N) is 3. The molecule has 0 aromatic carbocycles. The van der Waals surface area contributed by atoms with E-state index < -0.39 is 0 Å². The summed E-state index contributed by atoms with van der Waals surface area (Å²) in [6.07, 6.45) is 13.9. The van der Waals surface area contributed by atoms with E-state index in [0.717, 1.165) is 22.7 Å². The van der Waals surface area contributed by atoms with Gasteiger partial charge in [-0.3, -0.25) is 4.40 Å². The third-order valence-corrected chi connectivity index (χ3v) is 5.05. The first kappa shape index (κ1) is 15.0. The molecule has 0 aliphatic heterocycles. The SMILES string of the molecule is CCC(NCc1cnc2cnc(Br)cn12)C1CCCCC1. The number of rotatable bonds is 5. The van der Waals surface area contributed by atoms with Crippen LogP contribution in [0.5, 0.6) is 0 Å². The summed E-state index contributed by atoms with van der Waals surface area (Å²) in [6, 6.07) is 0.626. The van der Waals surface area contributed by atoms with Crippen LogP contribution in [0.2, 0.25) is 0 Å². The molecule has 2 heterocycles. The molecule has 2 aromatic rings. The van der Waals surface area contributed by atoms with Gasteiger partial charge in [-0.05, 0) is 41.1 Å². The first-order chi connectivity index (χ1) is 10.3.